The number of ether oxygens (including phenoxy) is 2. The maximum Gasteiger partial charge on any atom is 0.371 e. The quantitative estimate of drug-likeness (QED) is 0.341. The zero-order chi connectivity index (χ0) is 17.0. The summed E-state index contributed by atoms with van der Waals surface area (Å²) in [7, 11) is 0. The van der Waals surface area contributed by atoms with Gasteiger partial charge in [0.2, 0.25) is 12.0 Å². The Morgan fingerprint density at radius 1 is 1.13 bits per heavy atom. The molecule has 8 heteroatoms. The number of carboxylic acids is 1. The molecule has 23 heavy (non-hydrogen) atoms. The molecular formula is C15H18O8. The summed E-state index contributed by atoms with van der Waals surface area (Å²) in [5.41, 5.74) is 0.550. The molecule has 0 spiro atoms. The van der Waals surface area contributed by atoms with Crippen LogP contribution in [0.4, 0.5) is 0 Å². The van der Waals surface area contributed by atoms with Crippen LogP contribution in [-0.4, -0.2) is 68.8 Å². The molecule has 1 heterocycles. The Morgan fingerprint density at radius 2 is 1.78 bits per heavy atom. The van der Waals surface area contributed by atoms with E-state index < -0.39 is 49.0 Å². The maximum atomic E-state index is 11.3. The van der Waals surface area contributed by atoms with E-state index in [1.807, 2.05) is 0 Å². The van der Waals surface area contributed by atoms with Crippen LogP contribution in [0.3, 0.4) is 0 Å². The summed E-state index contributed by atoms with van der Waals surface area (Å²) in [5, 5.41) is 47.5. The Labute approximate surface area is 131 Å². The topological polar surface area (TPSA) is 137 Å². The molecule has 0 radical (unpaired) electrons. The normalized spacial score (nSPS) is 31.7. The first-order valence-electron chi connectivity index (χ1n) is 6.91. The lowest BCUT2D eigenvalue weighted by Crippen LogP contribution is -2.59. The lowest BCUT2D eigenvalue weighted by molar-refractivity contribution is -0.291. The van der Waals surface area contributed by atoms with Gasteiger partial charge in [0.15, 0.2) is 0 Å². The number of aliphatic hydroxyl groups excluding tert-OH is 4. The number of aliphatic carboxylic acids is 1. The molecule has 0 saturated carbocycles. The minimum atomic E-state index is -1.67. The van der Waals surface area contributed by atoms with Crippen LogP contribution in [-0.2, 0) is 14.3 Å². The Bertz CT molecular complexity index is 556. The maximum absolute atomic E-state index is 11.3. The van der Waals surface area contributed by atoms with E-state index in [9.17, 15) is 25.2 Å². The van der Waals surface area contributed by atoms with Crippen molar-refractivity contribution in [3.8, 4) is 0 Å². The van der Waals surface area contributed by atoms with Crippen LogP contribution in [0.1, 0.15) is 5.56 Å². The number of hydrogen-bond donors (Lipinski definition) is 5. The first-order valence-corrected chi connectivity index (χ1v) is 6.91. The molecule has 1 aromatic rings. The van der Waals surface area contributed by atoms with Gasteiger partial charge in [-0.1, -0.05) is 30.3 Å². The molecule has 0 aliphatic carbocycles. The van der Waals surface area contributed by atoms with Crippen molar-refractivity contribution in [2.24, 2.45) is 0 Å². The lowest BCUT2D eigenvalue weighted by Gasteiger charge is -2.39. The van der Waals surface area contributed by atoms with Crippen LogP contribution >= 0.6 is 0 Å². The molecule has 2 rings (SSSR count). The van der Waals surface area contributed by atoms with E-state index in [2.05, 4.69) is 0 Å². The average Bonchev–Trinajstić information content (AvgIpc) is 2.55. The molecule has 0 amide bonds. The molecule has 1 saturated heterocycles. The summed E-state index contributed by atoms with van der Waals surface area (Å²) in [6, 6.07) is 8.48. The number of aliphatic hydroxyl groups is 4. The first kappa shape index (κ1) is 17.4. The Kier molecular flexibility index (Phi) is 5.69. The van der Waals surface area contributed by atoms with Crippen LogP contribution in [0.5, 0.6) is 0 Å². The van der Waals surface area contributed by atoms with E-state index in [0.717, 1.165) is 0 Å². The number of hydrogen-bond acceptors (Lipinski definition) is 7. The summed E-state index contributed by atoms with van der Waals surface area (Å²) in [6.45, 7) is -0.629. The van der Waals surface area contributed by atoms with Gasteiger partial charge in [0.05, 0.1) is 6.61 Å². The van der Waals surface area contributed by atoms with Gasteiger partial charge in [-0.05, 0) is 11.6 Å². The van der Waals surface area contributed by atoms with Crippen molar-refractivity contribution in [2.75, 3.05) is 6.61 Å². The van der Waals surface area contributed by atoms with E-state index in [1.165, 1.54) is 6.08 Å². The fourth-order valence-corrected chi connectivity index (χ4v) is 2.14. The molecule has 1 aliphatic heterocycles. The SMILES string of the molecule is O=C(O)C(=Cc1ccccc1)O[C@H]1O[C@H](CO)[C@@H](O)[C@H](O)[C@H]1O. The third kappa shape index (κ3) is 4.06. The molecular weight excluding hydrogens is 308 g/mol. The second kappa shape index (κ2) is 7.53. The van der Waals surface area contributed by atoms with Gasteiger partial charge in [0.1, 0.15) is 24.4 Å². The summed E-state index contributed by atoms with van der Waals surface area (Å²) >= 11 is 0. The van der Waals surface area contributed by atoms with Gasteiger partial charge in [-0.15, -0.1) is 0 Å². The highest BCUT2D eigenvalue weighted by molar-refractivity contribution is 5.89. The van der Waals surface area contributed by atoms with Crippen molar-refractivity contribution in [1.82, 2.24) is 0 Å². The smallest absolute Gasteiger partial charge is 0.371 e. The van der Waals surface area contributed by atoms with Gasteiger partial charge < -0.3 is 35.0 Å². The second-order valence-electron chi connectivity index (χ2n) is 5.04. The van der Waals surface area contributed by atoms with Crippen molar-refractivity contribution in [3.05, 3.63) is 41.7 Å². The van der Waals surface area contributed by atoms with Gasteiger partial charge in [0, 0.05) is 0 Å². The number of rotatable bonds is 5. The summed E-state index contributed by atoms with van der Waals surface area (Å²) in [6.07, 6.45) is -6.35. The van der Waals surface area contributed by atoms with Crippen molar-refractivity contribution in [2.45, 2.75) is 30.7 Å². The minimum Gasteiger partial charge on any atom is -0.475 e. The van der Waals surface area contributed by atoms with Crippen molar-refractivity contribution >= 4 is 12.0 Å². The number of benzene rings is 1. The Hall–Kier alpha value is -1.97. The van der Waals surface area contributed by atoms with Crippen LogP contribution in [0.25, 0.3) is 6.08 Å². The minimum absolute atomic E-state index is 0.513. The molecule has 126 valence electrons. The van der Waals surface area contributed by atoms with Crippen LogP contribution in [0.2, 0.25) is 0 Å². The second-order valence-corrected chi connectivity index (χ2v) is 5.04. The molecule has 0 unspecified atom stereocenters. The molecule has 1 fully saturated rings. The van der Waals surface area contributed by atoms with E-state index >= 15 is 0 Å². The van der Waals surface area contributed by atoms with E-state index in [0.29, 0.717) is 5.56 Å². The molecule has 0 aromatic heterocycles. The van der Waals surface area contributed by atoms with Crippen molar-refractivity contribution in [3.63, 3.8) is 0 Å². The summed E-state index contributed by atoms with van der Waals surface area (Å²) < 4.78 is 10.2. The molecule has 5 atom stereocenters. The van der Waals surface area contributed by atoms with Crippen molar-refractivity contribution < 1.29 is 39.8 Å². The van der Waals surface area contributed by atoms with E-state index in [1.54, 1.807) is 30.3 Å². The zero-order valence-corrected chi connectivity index (χ0v) is 12.0. The molecule has 1 aromatic carbocycles. The third-order valence-corrected chi connectivity index (χ3v) is 3.40. The molecule has 5 N–H and O–H groups in total. The number of carbonyl (C=O) groups is 1. The van der Waals surface area contributed by atoms with Crippen molar-refractivity contribution in [1.29, 1.82) is 0 Å². The lowest BCUT2D eigenvalue weighted by atomic mass is 9.99. The van der Waals surface area contributed by atoms with Gasteiger partial charge in [-0.2, -0.15) is 0 Å². The monoisotopic (exact) mass is 326 g/mol. The predicted octanol–water partition coefficient (Wildman–Crippen LogP) is -1.07. The van der Waals surface area contributed by atoms with E-state index in [-0.39, 0.29) is 0 Å². The molecule has 1 aliphatic rings. The fourth-order valence-electron chi connectivity index (χ4n) is 2.14. The standard InChI is InChI=1S/C15H18O8/c16-7-10-11(17)12(18)13(19)15(23-10)22-9(14(20)21)6-8-4-2-1-3-5-8/h1-6,10-13,15-19H,7H2,(H,20,21)/t10-,11-,12+,13-,15+/m1/s1. The van der Waals surface area contributed by atoms with Gasteiger partial charge >= 0.3 is 5.97 Å². The van der Waals surface area contributed by atoms with Gasteiger partial charge in [0.25, 0.3) is 0 Å². The predicted molar refractivity (Wildman–Crippen MR) is 76.9 cm³/mol. The molecule has 0 bridgehead atoms. The first-order chi connectivity index (χ1) is 10.9. The summed E-state index contributed by atoms with van der Waals surface area (Å²) in [5.74, 6) is -1.91. The highest BCUT2D eigenvalue weighted by Gasteiger charge is 2.45. The fraction of sp³-hybridized carbons (Fsp3) is 0.400. The van der Waals surface area contributed by atoms with Gasteiger partial charge in [-0.3, -0.25) is 0 Å². The van der Waals surface area contributed by atoms with Crippen LogP contribution < -0.4 is 0 Å². The Balaban J connectivity index is 2.19. The molecule has 8 nitrogen and oxygen atoms in total. The Morgan fingerprint density at radius 3 is 2.35 bits per heavy atom. The summed E-state index contributed by atoms with van der Waals surface area (Å²) in [4.78, 5) is 11.3. The van der Waals surface area contributed by atoms with Gasteiger partial charge in [-0.25, -0.2) is 4.79 Å². The highest BCUT2D eigenvalue weighted by Crippen LogP contribution is 2.24. The largest absolute Gasteiger partial charge is 0.475 e. The third-order valence-electron chi connectivity index (χ3n) is 3.40. The zero-order valence-electron chi connectivity index (χ0n) is 12.0. The van der Waals surface area contributed by atoms with Crippen LogP contribution in [0.15, 0.2) is 36.1 Å². The van der Waals surface area contributed by atoms with E-state index in [4.69, 9.17) is 14.6 Å². The highest BCUT2D eigenvalue weighted by atomic mass is 16.7. The van der Waals surface area contributed by atoms with Crippen LogP contribution in [0, 0.1) is 0 Å². The average molecular weight is 326 g/mol. The number of carboxylic acid groups (broad SMARTS) is 1.